The van der Waals surface area contributed by atoms with E-state index in [4.69, 9.17) is 5.73 Å². The number of anilines is 1. The van der Waals surface area contributed by atoms with Crippen LogP contribution in [0, 0.1) is 0 Å². The summed E-state index contributed by atoms with van der Waals surface area (Å²) < 4.78 is 0. The van der Waals surface area contributed by atoms with Crippen molar-refractivity contribution >= 4 is 5.69 Å². The van der Waals surface area contributed by atoms with E-state index in [1.165, 1.54) is 29.7 Å². The Morgan fingerprint density at radius 2 is 2.33 bits per heavy atom. The predicted molar refractivity (Wildman–Crippen MR) is 65.2 cm³/mol. The van der Waals surface area contributed by atoms with Crippen LogP contribution in [0.15, 0.2) is 18.2 Å². The van der Waals surface area contributed by atoms with E-state index >= 15 is 0 Å². The van der Waals surface area contributed by atoms with E-state index in [2.05, 4.69) is 30.4 Å². The van der Waals surface area contributed by atoms with Crippen molar-refractivity contribution in [3.05, 3.63) is 29.3 Å². The summed E-state index contributed by atoms with van der Waals surface area (Å²) >= 11 is 0. The predicted octanol–water partition coefficient (Wildman–Crippen LogP) is 2.32. The summed E-state index contributed by atoms with van der Waals surface area (Å²) in [6.45, 7) is 3.01. The van der Waals surface area contributed by atoms with Crippen molar-refractivity contribution in [3.8, 4) is 0 Å². The molecule has 0 fully saturated rings. The molecule has 2 rings (SSSR count). The monoisotopic (exact) mass is 204 g/mol. The van der Waals surface area contributed by atoms with Crippen molar-refractivity contribution < 1.29 is 0 Å². The van der Waals surface area contributed by atoms with Crippen LogP contribution in [0.1, 0.15) is 30.9 Å². The second kappa shape index (κ2) is 4.67. The zero-order chi connectivity index (χ0) is 10.7. The zero-order valence-electron chi connectivity index (χ0n) is 9.42. The van der Waals surface area contributed by atoms with E-state index in [-0.39, 0.29) is 0 Å². The summed E-state index contributed by atoms with van der Waals surface area (Å²) in [4.78, 5) is 0. The van der Waals surface area contributed by atoms with Gasteiger partial charge in [0.2, 0.25) is 0 Å². The highest BCUT2D eigenvalue weighted by molar-refractivity contribution is 5.62. The van der Waals surface area contributed by atoms with Crippen LogP contribution in [0.4, 0.5) is 5.69 Å². The van der Waals surface area contributed by atoms with E-state index in [0.29, 0.717) is 6.04 Å². The molecule has 0 radical (unpaired) electrons. The molecular weight excluding hydrogens is 184 g/mol. The van der Waals surface area contributed by atoms with Crippen molar-refractivity contribution in [2.24, 2.45) is 5.73 Å². The molecule has 1 aromatic carbocycles. The van der Waals surface area contributed by atoms with Crippen LogP contribution in [-0.2, 0) is 12.8 Å². The summed E-state index contributed by atoms with van der Waals surface area (Å²) in [5.41, 5.74) is 9.86. The van der Waals surface area contributed by atoms with Crippen LogP contribution in [0.2, 0.25) is 0 Å². The number of nitrogens with one attached hydrogen (secondary N) is 1. The Balaban J connectivity index is 2.09. The lowest BCUT2D eigenvalue weighted by atomic mass is 10.0. The minimum Gasteiger partial charge on any atom is -0.382 e. The molecular formula is C13H20N2. The normalized spacial score (nSPS) is 18.7. The summed E-state index contributed by atoms with van der Waals surface area (Å²) in [5.74, 6) is 0. The lowest BCUT2D eigenvalue weighted by Crippen LogP contribution is -2.17. The van der Waals surface area contributed by atoms with Gasteiger partial charge in [0.25, 0.3) is 0 Å². The Hall–Kier alpha value is -1.02. The Kier molecular flexibility index (Phi) is 3.27. The van der Waals surface area contributed by atoms with Crippen LogP contribution >= 0.6 is 0 Å². The van der Waals surface area contributed by atoms with Gasteiger partial charge in [-0.15, -0.1) is 0 Å². The van der Waals surface area contributed by atoms with Crippen LogP contribution in [-0.4, -0.2) is 12.6 Å². The van der Waals surface area contributed by atoms with Gasteiger partial charge >= 0.3 is 0 Å². The highest BCUT2D eigenvalue weighted by Crippen LogP contribution is 2.31. The molecule has 0 spiro atoms. The first kappa shape index (κ1) is 10.5. The van der Waals surface area contributed by atoms with Gasteiger partial charge in [0.15, 0.2) is 0 Å². The number of rotatable bonds is 4. The average Bonchev–Trinajstić information content (AvgIpc) is 2.68. The fraction of sp³-hybridized carbons (Fsp3) is 0.538. The molecule has 1 aliphatic rings. The van der Waals surface area contributed by atoms with Crippen molar-refractivity contribution in [3.63, 3.8) is 0 Å². The van der Waals surface area contributed by atoms with E-state index in [1.807, 2.05) is 0 Å². The molecule has 1 unspecified atom stereocenters. The number of nitrogens with two attached hydrogens (primary N) is 1. The maximum Gasteiger partial charge on any atom is 0.0408 e. The summed E-state index contributed by atoms with van der Waals surface area (Å²) in [6, 6.07) is 7.24. The van der Waals surface area contributed by atoms with Crippen molar-refractivity contribution in [2.75, 3.05) is 11.9 Å². The topological polar surface area (TPSA) is 38.0 Å². The third kappa shape index (κ3) is 2.15. The van der Waals surface area contributed by atoms with Gasteiger partial charge in [0.05, 0.1) is 0 Å². The largest absolute Gasteiger partial charge is 0.382 e. The summed E-state index contributed by atoms with van der Waals surface area (Å²) in [5, 5.41) is 3.63. The Morgan fingerprint density at radius 3 is 3.07 bits per heavy atom. The first-order valence-corrected chi connectivity index (χ1v) is 5.92. The number of fused-ring (bicyclic) bond motifs is 1. The van der Waals surface area contributed by atoms with Gasteiger partial charge in [-0.3, -0.25) is 0 Å². The van der Waals surface area contributed by atoms with E-state index in [1.54, 1.807) is 0 Å². The van der Waals surface area contributed by atoms with Crippen molar-refractivity contribution in [1.82, 2.24) is 0 Å². The second-order valence-electron chi connectivity index (χ2n) is 4.28. The molecule has 2 nitrogen and oxygen atoms in total. The minimum atomic E-state index is 0.608. The quantitative estimate of drug-likeness (QED) is 0.790. The molecule has 0 aromatic heterocycles. The molecule has 1 aromatic rings. The average molecular weight is 204 g/mol. The lowest BCUT2D eigenvalue weighted by Gasteiger charge is -2.11. The van der Waals surface area contributed by atoms with Gasteiger partial charge in [-0.05, 0) is 43.4 Å². The molecule has 0 amide bonds. The maximum absolute atomic E-state index is 5.54. The second-order valence-corrected chi connectivity index (χ2v) is 4.28. The standard InChI is InChI=1S/C13H20N2/c1-2-10-5-3-6-11-9-12(7-4-8-14)15-13(10)11/h3,5-6,12,15H,2,4,7-9,14H2,1H3. The maximum atomic E-state index is 5.54. The molecule has 1 atom stereocenters. The van der Waals surface area contributed by atoms with Crippen LogP contribution in [0.3, 0.4) is 0 Å². The fourth-order valence-electron chi connectivity index (χ4n) is 2.36. The van der Waals surface area contributed by atoms with Gasteiger partial charge in [0, 0.05) is 11.7 Å². The molecule has 0 saturated carbocycles. The fourth-order valence-corrected chi connectivity index (χ4v) is 2.36. The molecule has 1 heterocycles. The van der Waals surface area contributed by atoms with Gasteiger partial charge in [-0.1, -0.05) is 25.1 Å². The van der Waals surface area contributed by atoms with Gasteiger partial charge < -0.3 is 11.1 Å². The SMILES string of the molecule is CCc1cccc2c1NC(CCCN)C2. The van der Waals surface area contributed by atoms with E-state index in [9.17, 15) is 0 Å². The number of hydrogen-bond donors (Lipinski definition) is 2. The molecule has 0 aliphatic carbocycles. The smallest absolute Gasteiger partial charge is 0.0408 e. The lowest BCUT2D eigenvalue weighted by molar-refractivity contribution is 0.638. The number of benzene rings is 1. The molecule has 0 saturated heterocycles. The molecule has 1 aliphatic heterocycles. The Labute approximate surface area is 91.9 Å². The van der Waals surface area contributed by atoms with Crippen LogP contribution in [0.5, 0.6) is 0 Å². The van der Waals surface area contributed by atoms with E-state index < -0.39 is 0 Å². The Bertz CT molecular complexity index is 333. The number of aryl methyl sites for hydroxylation is 1. The third-order valence-electron chi connectivity index (χ3n) is 3.19. The molecule has 3 N–H and O–H groups in total. The highest BCUT2D eigenvalue weighted by Gasteiger charge is 2.21. The van der Waals surface area contributed by atoms with Gasteiger partial charge in [-0.2, -0.15) is 0 Å². The van der Waals surface area contributed by atoms with Crippen molar-refractivity contribution in [1.29, 1.82) is 0 Å². The van der Waals surface area contributed by atoms with Gasteiger partial charge in [-0.25, -0.2) is 0 Å². The Morgan fingerprint density at radius 1 is 1.47 bits per heavy atom. The molecule has 82 valence electrons. The molecule has 2 heteroatoms. The first-order chi connectivity index (χ1) is 7.35. The highest BCUT2D eigenvalue weighted by atomic mass is 15.0. The third-order valence-corrected chi connectivity index (χ3v) is 3.19. The first-order valence-electron chi connectivity index (χ1n) is 5.92. The number of hydrogen-bond acceptors (Lipinski definition) is 2. The molecule has 0 bridgehead atoms. The summed E-state index contributed by atoms with van der Waals surface area (Å²) in [6.07, 6.45) is 4.59. The number of para-hydroxylation sites is 1. The van der Waals surface area contributed by atoms with Crippen LogP contribution < -0.4 is 11.1 Å². The van der Waals surface area contributed by atoms with Crippen molar-refractivity contribution in [2.45, 2.75) is 38.6 Å². The van der Waals surface area contributed by atoms with E-state index in [0.717, 1.165) is 19.4 Å². The van der Waals surface area contributed by atoms with Gasteiger partial charge in [0.1, 0.15) is 0 Å². The summed E-state index contributed by atoms with van der Waals surface area (Å²) in [7, 11) is 0. The molecule has 15 heavy (non-hydrogen) atoms. The van der Waals surface area contributed by atoms with Crippen LogP contribution in [0.25, 0.3) is 0 Å². The zero-order valence-corrected chi connectivity index (χ0v) is 9.42. The minimum absolute atomic E-state index is 0.608.